The van der Waals surface area contributed by atoms with Gasteiger partial charge < -0.3 is 19.7 Å². The summed E-state index contributed by atoms with van der Waals surface area (Å²) in [6.45, 7) is 3.81. The third kappa shape index (κ3) is 5.70. The Morgan fingerprint density at radius 3 is 2.75 bits per heavy atom. The van der Waals surface area contributed by atoms with Gasteiger partial charge >= 0.3 is 0 Å². The lowest BCUT2D eigenvalue weighted by atomic mass is 10.1. The van der Waals surface area contributed by atoms with Crippen LogP contribution in [0.1, 0.15) is 17.5 Å². The van der Waals surface area contributed by atoms with Gasteiger partial charge in [0.25, 0.3) is 0 Å². The van der Waals surface area contributed by atoms with E-state index >= 15 is 0 Å². The van der Waals surface area contributed by atoms with Crippen molar-refractivity contribution in [2.75, 3.05) is 33.9 Å². The Balaban J connectivity index is 1.47. The zero-order valence-electron chi connectivity index (χ0n) is 16.5. The number of likely N-dealkylation sites (tertiary alicyclic amines) is 1. The molecule has 1 aliphatic heterocycles. The van der Waals surface area contributed by atoms with Crippen molar-refractivity contribution in [3.8, 4) is 5.75 Å². The number of methoxy groups -OCH3 is 1. The molecular weight excluding hydrogens is 357 g/mol. The molecule has 1 aliphatic rings. The average molecular weight is 385 g/mol. The number of nitrogens with one attached hydrogen (secondary N) is 1. The highest BCUT2D eigenvalue weighted by Gasteiger charge is 2.24. The van der Waals surface area contributed by atoms with E-state index in [4.69, 9.17) is 9.47 Å². The monoisotopic (exact) mass is 385 g/mol. The van der Waals surface area contributed by atoms with Crippen LogP contribution in [-0.4, -0.2) is 44.7 Å². The predicted octanol–water partition coefficient (Wildman–Crippen LogP) is 3.45. The Bertz CT molecular complexity index is 780. The van der Waals surface area contributed by atoms with Crippen LogP contribution in [0.25, 0.3) is 0 Å². The van der Waals surface area contributed by atoms with Gasteiger partial charge in [0, 0.05) is 39.7 Å². The number of ether oxygens (including phenoxy) is 2. The maximum atomic E-state index is 13.2. The molecule has 0 aliphatic carbocycles. The largest absolute Gasteiger partial charge is 0.489 e. The van der Waals surface area contributed by atoms with Crippen molar-refractivity contribution < 1.29 is 13.9 Å². The summed E-state index contributed by atoms with van der Waals surface area (Å²) >= 11 is 0. The molecule has 1 unspecified atom stereocenters. The minimum absolute atomic E-state index is 0.248. The zero-order chi connectivity index (χ0) is 19.8. The normalized spacial score (nSPS) is 17.0. The van der Waals surface area contributed by atoms with Crippen molar-refractivity contribution in [1.82, 2.24) is 10.2 Å². The lowest BCUT2D eigenvalue weighted by molar-refractivity contribution is 0.157. The molecule has 0 radical (unpaired) electrons. The summed E-state index contributed by atoms with van der Waals surface area (Å²) in [6, 6.07) is 14.4. The van der Waals surface area contributed by atoms with E-state index in [1.54, 1.807) is 13.2 Å². The van der Waals surface area contributed by atoms with Gasteiger partial charge in [-0.15, -0.1) is 0 Å². The summed E-state index contributed by atoms with van der Waals surface area (Å²) in [5, 5.41) is 3.43. The molecular formula is C22H28FN3O2. The molecule has 150 valence electrons. The predicted molar refractivity (Wildman–Crippen MR) is 109 cm³/mol. The second-order valence-corrected chi connectivity index (χ2v) is 7.02. The number of nitrogens with zero attached hydrogens (tertiary/aromatic N) is 2. The average Bonchev–Trinajstić information content (AvgIpc) is 3.17. The SMILES string of the molecule is CN=C(NCc1ccc(OCc2cccc(F)c2)cc1)N1CCC(COC)C1. The Hall–Kier alpha value is -2.60. The van der Waals surface area contributed by atoms with Crippen LogP contribution in [0.2, 0.25) is 0 Å². The molecule has 28 heavy (non-hydrogen) atoms. The van der Waals surface area contributed by atoms with Gasteiger partial charge in [0.15, 0.2) is 5.96 Å². The van der Waals surface area contributed by atoms with Gasteiger partial charge in [-0.2, -0.15) is 0 Å². The van der Waals surface area contributed by atoms with Gasteiger partial charge in [0.1, 0.15) is 18.2 Å². The van der Waals surface area contributed by atoms with E-state index in [1.165, 1.54) is 12.1 Å². The second kappa shape index (κ2) is 10.1. The Morgan fingerprint density at radius 2 is 2.04 bits per heavy atom. The molecule has 1 atom stereocenters. The minimum Gasteiger partial charge on any atom is -0.489 e. The molecule has 0 aromatic heterocycles. The molecule has 1 heterocycles. The standard InChI is InChI=1S/C22H28FN3O2/c1-24-22(26-11-10-19(14-26)15-27-2)25-13-17-6-8-21(9-7-17)28-16-18-4-3-5-20(23)12-18/h3-9,12,19H,10-11,13-16H2,1-2H3,(H,24,25). The highest BCUT2D eigenvalue weighted by Crippen LogP contribution is 2.17. The van der Waals surface area contributed by atoms with E-state index in [9.17, 15) is 4.39 Å². The molecule has 6 heteroatoms. The first kappa shape index (κ1) is 20.1. The van der Waals surface area contributed by atoms with Gasteiger partial charge in [0.2, 0.25) is 0 Å². The zero-order valence-corrected chi connectivity index (χ0v) is 16.5. The summed E-state index contributed by atoms with van der Waals surface area (Å²) in [6.07, 6.45) is 1.13. The fraction of sp³-hybridized carbons (Fsp3) is 0.409. The number of halogens is 1. The fourth-order valence-corrected chi connectivity index (χ4v) is 3.41. The first-order valence-corrected chi connectivity index (χ1v) is 9.58. The summed E-state index contributed by atoms with van der Waals surface area (Å²) in [5.74, 6) is 2.00. The Kier molecular flexibility index (Phi) is 7.25. The lowest BCUT2D eigenvalue weighted by Gasteiger charge is -2.21. The van der Waals surface area contributed by atoms with Gasteiger partial charge in [-0.05, 0) is 41.8 Å². The third-order valence-electron chi connectivity index (χ3n) is 4.87. The maximum Gasteiger partial charge on any atom is 0.193 e. The van der Waals surface area contributed by atoms with Crippen LogP contribution in [0.3, 0.4) is 0 Å². The lowest BCUT2D eigenvalue weighted by Crippen LogP contribution is -2.39. The van der Waals surface area contributed by atoms with Crippen LogP contribution < -0.4 is 10.1 Å². The number of benzene rings is 2. The van der Waals surface area contributed by atoms with Crippen molar-refractivity contribution in [2.24, 2.45) is 10.9 Å². The van der Waals surface area contributed by atoms with Gasteiger partial charge in [-0.1, -0.05) is 24.3 Å². The van der Waals surface area contributed by atoms with E-state index in [2.05, 4.69) is 15.2 Å². The molecule has 2 aromatic rings. The van der Waals surface area contributed by atoms with Crippen molar-refractivity contribution in [3.63, 3.8) is 0 Å². The molecule has 0 saturated carbocycles. The van der Waals surface area contributed by atoms with E-state index in [1.807, 2.05) is 37.4 Å². The van der Waals surface area contributed by atoms with Crippen molar-refractivity contribution in [1.29, 1.82) is 0 Å². The molecule has 1 saturated heterocycles. The molecule has 3 rings (SSSR count). The van der Waals surface area contributed by atoms with Gasteiger partial charge in [-0.25, -0.2) is 4.39 Å². The second-order valence-electron chi connectivity index (χ2n) is 7.02. The summed E-state index contributed by atoms with van der Waals surface area (Å²) < 4.78 is 24.2. The quantitative estimate of drug-likeness (QED) is 0.586. The summed E-state index contributed by atoms with van der Waals surface area (Å²) in [5.41, 5.74) is 1.96. The van der Waals surface area contributed by atoms with Crippen LogP contribution in [-0.2, 0) is 17.9 Å². The molecule has 1 N–H and O–H groups in total. The van der Waals surface area contributed by atoms with Crippen LogP contribution in [0, 0.1) is 11.7 Å². The highest BCUT2D eigenvalue weighted by atomic mass is 19.1. The van der Waals surface area contributed by atoms with Gasteiger partial charge in [0.05, 0.1) is 6.61 Å². The molecule has 5 nitrogen and oxygen atoms in total. The summed E-state index contributed by atoms with van der Waals surface area (Å²) in [7, 11) is 3.57. The molecule has 0 bridgehead atoms. The summed E-state index contributed by atoms with van der Waals surface area (Å²) in [4.78, 5) is 6.68. The number of hydrogen-bond donors (Lipinski definition) is 1. The van der Waals surface area contributed by atoms with Crippen LogP contribution >= 0.6 is 0 Å². The Labute approximate surface area is 166 Å². The molecule has 1 fully saturated rings. The van der Waals surface area contributed by atoms with Crippen LogP contribution in [0.4, 0.5) is 4.39 Å². The van der Waals surface area contributed by atoms with E-state index < -0.39 is 0 Å². The van der Waals surface area contributed by atoms with E-state index in [0.717, 1.165) is 49.0 Å². The topological polar surface area (TPSA) is 46.1 Å². The number of guanidine groups is 1. The van der Waals surface area contributed by atoms with Crippen molar-refractivity contribution in [2.45, 2.75) is 19.6 Å². The van der Waals surface area contributed by atoms with Crippen LogP contribution in [0.15, 0.2) is 53.5 Å². The highest BCUT2D eigenvalue weighted by molar-refractivity contribution is 5.80. The Morgan fingerprint density at radius 1 is 1.21 bits per heavy atom. The number of hydrogen-bond acceptors (Lipinski definition) is 3. The van der Waals surface area contributed by atoms with Gasteiger partial charge in [-0.3, -0.25) is 4.99 Å². The maximum absolute atomic E-state index is 13.2. The van der Waals surface area contributed by atoms with E-state index in [-0.39, 0.29) is 5.82 Å². The van der Waals surface area contributed by atoms with Crippen LogP contribution in [0.5, 0.6) is 5.75 Å². The molecule has 2 aromatic carbocycles. The third-order valence-corrected chi connectivity index (χ3v) is 4.87. The fourth-order valence-electron chi connectivity index (χ4n) is 3.41. The number of aliphatic imine (C=N–C) groups is 1. The smallest absolute Gasteiger partial charge is 0.193 e. The molecule has 0 amide bonds. The number of rotatable bonds is 7. The van der Waals surface area contributed by atoms with E-state index in [0.29, 0.717) is 19.1 Å². The van der Waals surface area contributed by atoms with Crippen molar-refractivity contribution in [3.05, 3.63) is 65.5 Å². The molecule has 0 spiro atoms. The van der Waals surface area contributed by atoms with Crippen molar-refractivity contribution >= 4 is 5.96 Å². The first-order chi connectivity index (χ1) is 13.7. The first-order valence-electron chi connectivity index (χ1n) is 9.58. The minimum atomic E-state index is -0.248.